The molecule has 0 saturated carbocycles. The second-order valence-electron chi connectivity index (χ2n) is 3.23. The van der Waals surface area contributed by atoms with Crippen LogP contribution in [0.3, 0.4) is 0 Å². The van der Waals surface area contributed by atoms with E-state index in [-0.39, 0.29) is 16.3 Å². The Balaban J connectivity index is 3.00. The third-order valence-corrected chi connectivity index (χ3v) is 2.40. The molecule has 0 radical (unpaired) electrons. The summed E-state index contributed by atoms with van der Waals surface area (Å²) in [5, 5.41) is 9.93. The zero-order valence-electron chi connectivity index (χ0n) is 9.77. The van der Waals surface area contributed by atoms with Gasteiger partial charge in [-0.1, -0.05) is 11.6 Å². The number of hydrogen-bond acceptors (Lipinski definition) is 5. The molecule has 0 bridgehead atoms. The van der Waals surface area contributed by atoms with Crippen molar-refractivity contribution in [1.82, 2.24) is 0 Å². The summed E-state index contributed by atoms with van der Waals surface area (Å²) in [7, 11) is 2.53. The number of ether oxygens (including phenoxy) is 2. The van der Waals surface area contributed by atoms with Gasteiger partial charge in [0.15, 0.2) is 0 Å². The lowest BCUT2D eigenvalue weighted by Gasteiger charge is -2.05. The summed E-state index contributed by atoms with van der Waals surface area (Å²) in [5.41, 5.74) is 0.290. The lowest BCUT2D eigenvalue weighted by atomic mass is 10.1. The van der Waals surface area contributed by atoms with Gasteiger partial charge >= 0.3 is 5.97 Å². The van der Waals surface area contributed by atoms with Crippen LogP contribution in [0.2, 0.25) is 5.02 Å². The van der Waals surface area contributed by atoms with Crippen molar-refractivity contribution in [3.05, 3.63) is 34.9 Å². The standard InChI is InChI=1S/C12H11ClO5/c1-17-11-4-3-7(5-8(11)13)9(14)6-10(15)12(16)18-2/h3-6,14H,1-2H3. The van der Waals surface area contributed by atoms with E-state index in [9.17, 15) is 14.7 Å². The maximum Gasteiger partial charge on any atom is 0.378 e. The van der Waals surface area contributed by atoms with E-state index in [0.717, 1.165) is 13.2 Å². The van der Waals surface area contributed by atoms with Crippen molar-refractivity contribution in [2.45, 2.75) is 0 Å². The van der Waals surface area contributed by atoms with E-state index in [1.54, 1.807) is 0 Å². The molecule has 0 saturated heterocycles. The van der Waals surface area contributed by atoms with Crippen LogP contribution in [0.4, 0.5) is 0 Å². The highest BCUT2D eigenvalue weighted by Gasteiger charge is 2.13. The number of benzene rings is 1. The molecule has 0 spiro atoms. The van der Waals surface area contributed by atoms with Gasteiger partial charge in [0, 0.05) is 11.6 Å². The highest BCUT2D eigenvalue weighted by atomic mass is 35.5. The van der Waals surface area contributed by atoms with E-state index >= 15 is 0 Å². The molecule has 1 aromatic carbocycles. The van der Waals surface area contributed by atoms with Crippen LogP contribution in [0.1, 0.15) is 5.56 Å². The van der Waals surface area contributed by atoms with Gasteiger partial charge in [-0.25, -0.2) is 4.79 Å². The zero-order chi connectivity index (χ0) is 13.7. The average molecular weight is 271 g/mol. The quantitative estimate of drug-likeness (QED) is 0.392. The zero-order valence-corrected chi connectivity index (χ0v) is 10.5. The molecule has 0 amide bonds. The van der Waals surface area contributed by atoms with Gasteiger partial charge in [0.2, 0.25) is 0 Å². The molecule has 0 aromatic heterocycles. The Morgan fingerprint density at radius 3 is 2.50 bits per heavy atom. The number of halogens is 1. The largest absolute Gasteiger partial charge is 0.507 e. The molecular weight excluding hydrogens is 260 g/mol. The molecule has 0 aliphatic heterocycles. The predicted molar refractivity (Wildman–Crippen MR) is 65.6 cm³/mol. The first-order valence-electron chi connectivity index (χ1n) is 4.86. The average Bonchev–Trinajstić information content (AvgIpc) is 2.37. The highest BCUT2D eigenvalue weighted by molar-refractivity contribution is 6.39. The molecule has 0 aliphatic rings. The summed E-state index contributed by atoms with van der Waals surface area (Å²) in [6.07, 6.45) is 0.768. The van der Waals surface area contributed by atoms with Crippen molar-refractivity contribution in [1.29, 1.82) is 0 Å². The fourth-order valence-corrected chi connectivity index (χ4v) is 1.45. The fourth-order valence-electron chi connectivity index (χ4n) is 1.19. The molecule has 1 N–H and O–H groups in total. The summed E-state index contributed by atoms with van der Waals surface area (Å²) in [5.74, 6) is -1.95. The van der Waals surface area contributed by atoms with Crippen LogP contribution >= 0.6 is 11.6 Å². The summed E-state index contributed by atoms with van der Waals surface area (Å²) < 4.78 is 9.16. The number of methoxy groups -OCH3 is 2. The summed E-state index contributed by atoms with van der Waals surface area (Å²) >= 11 is 5.86. The van der Waals surface area contributed by atoms with E-state index in [2.05, 4.69) is 4.74 Å². The predicted octanol–water partition coefficient (Wildman–Crippen LogP) is 1.99. The molecule has 0 heterocycles. The number of esters is 1. The Kier molecular flexibility index (Phi) is 4.74. The van der Waals surface area contributed by atoms with Crippen LogP contribution in [-0.4, -0.2) is 31.1 Å². The van der Waals surface area contributed by atoms with E-state index < -0.39 is 11.8 Å². The van der Waals surface area contributed by atoms with Gasteiger partial charge in [-0.2, -0.15) is 0 Å². The Hall–Kier alpha value is -2.01. The molecule has 0 fully saturated rings. The van der Waals surface area contributed by atoms with Crippen molar-refractivity contribution >= 4 is 29.1 Å². The first kappa shape index (κ1) is 14.1. The molecule has 1 aromatic rings. The number of aliphatic hydroxyl groups is 1. The molecular formula is C12H11ClO5. The lowest BCUT2D eigenvalue weighted by molar-refractivity contribution is -0.149. The Labute approximate surface area is 109 Å². The highest BCUT2D eigenvalue weighted by Crippen LogP contribution is 2.27. The minimum Gasteiger partial charge on any atom is -0.507 e. The SMILES string of the molecule is COC(=O)C(=O)C=C(O)c1ccc(OC)c(Cl)c1. The van der Waals surface area contributed by atoms with E-state index in [1.165, 1.54) is 25.3 Å². The van der Waals surface area contributed by atoms with Gasteiger partial charge in [0.25, 0.3) is 5.78 Å². The van der Waals surface area contributed by atoms with Crippen LogP contribution in [0.5, 0.6) is 5.75 Å². The summed E-state index contributed by atoms with van der Waals surface area (Å²) in [4.78, 5) is 22.1. The maximum absolute atomic E-state index is 11.2. The minimum absolute atomic E-state index is 0.278. The van der Waals surface area contributed by atoms with Gasteiger partial charge in [0.1, 0.15) is 11.5 Å². The topological polar surface area (TPSA) is 72.8 Å². The Bertz CT molecular complexity index is 507. The second-order valence-corrected chi connectivity index (χ2v) is 3.64. The van der Waals surface area contributed by atoms with Crippen LogP contribution in [0.25, 0.3) is 5.76 Å². The molecule has 18 heavy (non-hydrogen) atoms. The number of carbonyl (C=O) groups excluding carboxylic acids is 2. The third-order valence-electron chi connectivity index (χ3n) is 2.10. The number of hydrogen-bond donors (Lipinski definition) is 1. The van der Waals surface area contributed by atoms with Gasteiger partial charge in [-0.05, 0) is 18.2 Å². The monoisotopic (exact) mass is 270 g/mol. The molecule has 6 heteroatoms. The van der Waals surface area contributed by atoms with Crippen molar-refractivity contribution < 1.29 is 24.2 Å². The number of rotatable bonds is 4. The van der Waals surface area contributed by atoms with Crippen molar-refractivity contribution in [3.8, 4) is 5.75 Å². The second kappa shape index (κ2) is 6.07. The Morgan fingerprint density at radius 2 is 2.00 bits per heavy atom. The number of aliphatic hydroxyl groups excluding tert-OH is 1. The van der Waals surface area contributed by atoms with Gasteiger partial charge in [0.05, 0.1) is 19.2 Å². The van der Waals surface area contributed by atoms with Crippen molar-refractivity contribution in [2.75, 3.05) is 14.2 Å². The molecule has 0 unspecified atom stereocenters. The maximum atomic E-state index is 11.2. The molecule has 96 valence electrons. The van der Waals surface area contributed by atoms with E-state index in [0.29, 0.717) is 5.75 Å². The van der Waals surface area contributed by atoms with E-state index in [4.69, 9.17) is 16.3 Å². The first-order chi connectivity index (χ1) is 8.49. The van der Waals surface area contributed by atoms with Crippen molar-refractivity contribution in [3.63, 3.8) is 0 Å². The Morgan fingerprint density at radius 1 is 1.33 bits per heavy atom. The third kappa shape index (κ3) is 3.24. The number of carbonyl (C=O) groups is 2. The van der Waals surface area contributed by atoms with Gasteiger partial charge in [-0.3, -0.25) is 4.79 Å². The number of ketones is 1. The van der Waals surface area contributed by atoms with E-state index in [1.807, 2.05) is 0 Å². The van der Waals surface area contributed by atoms with Gasteiger partial charge in [-0.15, -0.1) is 0 Å². The molecule has 0 aliphatic carbocycles. The smallest absolute Gasteiger partial charge is 0.378 e. The molecule has 5 nitrogen and oxygen atoms in total. The van der Waals surface area contributed by atoms with Crippen LogP contribution in [-0.2, 0) is 14.3 Å². The van der Waals surface area contributed by atoms with Crippen LogP contribution in [0.15, 0.2) is 24.3 Å². The van der Waals surface area contributed by atoms with Gasteiger partial charge < -0.3 is 14.6 Å². The van der Waals surface area contributed by atoms with Crippen LogP contribution in [0, 0.1) is 0 Å². The summed E-state index contributed by atoms with van der Waals surface area (Å²) in [6, 6.07) is 4.45. The molecule has 0 atom stereocenters. The fraction of sp³-hybridized carbons (Fsp3) is 0.167. The summed E-state index contributed by atoms with van der Waals surface area (Å²) in [6.45, 7) is 0. The minimum atomic E-state index is -1.05. The normalized spacial score (nSPS) is 10.9. The first-order valence-corrected chi connectivity index (χ1v) is 5.24. The molecule has 1 rings (SSSR count). The van der Waals surface area contributed by atoms with Crippen molar-refractivity contribution in [2.24, 2.45) is 0 Å². The lowest BCUT2D eigenvalue weighted by Crippen LogP contribution is -2.13. The van der Waals surface area contributed by atoms with Crippen LogP contribution < -0.4 is 4.74 Å².